The van der Waals surface area contributed by atoms with Crippen LogP contribution in [-0.4, -0.2) is 31.5 Å². The molecular formula is C17H27FN4O. The molecule has 1 aromatic carbocycles. The van der Waals surface area contributed by atoms with E-state index in [0.29, 0.717) is 36.7 Å². The maximum Gasteiger partial charge on any atom is 0.251 e. The van der Waals surface area contributed by atoms with Gasteiger partial charge in [-0.1, -0.05) is 32.3 Å². The van der Waals surface area contributed by atoms with Crippen LogP contribution in [0, 0.1) is 12.7 Å². The van der Waals surface area contributed by atoms with E-state index >= 15 is 0 Å². The number of hydrogen-bond acceptors (Lipinski definition) is 2. The maximum absolute atomic E-state index is 13.4. The van der Waals surface area contributed by atoms with Crippen molar-refractivity contribution < 1.29 is 9.18 Å². The summed E-state index contributed by atoms with van der Waals surface area (Å²) < 4.78 is 13.4. The van der Waals surface area contributed by atoms with Crippen molar-refractivity contribution in [2.24, 2.45) is 10.7 Å². The number of benzene rings is 1. The second-order valence-corrected chi connectivity index (χ2v) is 5.47. The van der Waals surface area contributed by atoms with Crippen molar-refractivity contribution in [2.75, 3.05) is 19.6 Å². The van der Waals surface area contributed by atoms with Gasteiger partial charge < -0.3 is 16.4 Å². The van der Waals surface area contributed by atoms with Gasteiger partial charge in [0, 0.05) is 25.2 Å². The molecule has 0 aliphatic carbocycles. The predicted octanol–water partition coefficient (Wildman–Crippen LogP) is 2.35. The molecule has 128 valence electrons. The Balaban J connectivity index is 2.22. The molecule has 0 radical (unpaired) electrons. The van der Waals surface area contributed by atoms with Crippen LogP contribution in [0.4, 0.5) is 4.39 Å². The molecule has 6 heteroatoms. The first-order valence-corrected chi connectivity index (χ1v) is 8.12. The van der Waals surface area contributed by atoms with Gasteiger partial charge in [-0.25, -0.2) is 4.39 Å². The number of guanidine groups is 1. The van der Waals surface area contributed by atoms with Crippen molar-refractivity contribution in [1.29, 1.82) is 0 Å². The molecule has 0 spiro atoms. The second kappa shape index (κ2) is 10.6. The van der Waals surface area contributed by atoms with Crippen LogP contribution in [0.25, 0.3) is 0 Å². The van der Waals surface area contributed by atoms with Crippen molar-refractivity contribution in [1.82, 2.24) is 10.6 Å². The van der Waals surface area contributed by atoms with Crippen LogP contribution in [0.1, 0.15) is 48.5 Å². The highest BCUT2D eigenvalue weighted by atomic mass is 19.1. The quantitative estimate of drug-likeness (QED) is 0.371. The summed E-state index contributed by atoms with van der Waals surface area (Å²) in [7, 11) is 0. The third-order valence-electron chi connectivity index (χ3n) is 3.44. The number of aryl methyl sites for hydroxylation is 1. The fourth-order valence-corrected chi connectivity index (χ4v) is 2.00. The number of nitrogens with zero attached hydrogens (tertiary/aromatic N) is 1. The van der Waals surface area contributed by atoms with Crippen molar-refractivity contribution in [3.8, 4) is 0 Å². The maximum atomic E-state index is 13.4. The van der Waals surface area contributed by atoms with E-state index < -0.39 is 0 Å². The Kier molecular flexibility index (Phi) is 8.72. The van der Waals surface area contributed by atoms with Gasteiger partial charge >= 0.3 is 0 Å². The minimum Gasteiger partial charge on any atom is -0.370 e. The van der Waals surface area contributed by atoms with Crippen molar-refractivity contribution in [3.05, 3.63) is 35.1 Å². The molecule has 0 aliphatic heterocycles. The van der Waals surface area contributed by atoms with Crippen LogP contribution in [0.15, 0.2) is 23.2 Å². The van der Waals surface area contributed by atoms with E-state index in [1.54, 1.807) is 19.1 Å². The molecule has 1 aromatic rings. The normalized spacial score (nSPS) is 11.3. The largest absolute Gasteiger partial charge is 0.370 e. The molecule has 0 saturated heterocycles. The third kappa shape index (κ3) is 7.63. The van der Waals surface area contributed by atoms with Crippen molar-refractivity contribution in [2.45, 2.75) is 39.5 Å². The Morgan fingerprint density at radius 1 is 1.22 bits per heavy atom. The van der Waals surface area contributed by atoms with Gasteiger partial charge in [0.15, 0.2) is 5.96 Å². The highest BCUT2D eigenvalue weighted by Crippen LogP contribution is 2.08. The van der Waals surface area contributed by atoms with Gasteiger partial charge in [0.25, 0.3) is 5.91 Å². The van der Waals surface area contributed by atoms with Crippen LogP contribution >= 0.6 is 0 Å². The van der Waals surface area contributed by atoms with Gasteiger partial charge in [-0.3, -0.25) is 9.79 Å². The summed E-state index contributed by atoms with van der Waals surface area (Å²) in [6.07, 6.45) is 4.61. The fraction of sp³-hybridized carbons (Fsp3) is 0.529. The summed E-state index contributed by atoms with van der Waals surface area (Å²) in [5.74, 6) is -0.298. The van der Waals surface area contributed by atoms with E-state index in [1.165, 1.54) is 18.9 Å². The molecule has 0 saturated carbocycles. The van der Waals surface area contributed by atoms with Crippen LogP contribution in [0.3, 0.4) is 0 Å². The number of unbranched alkanes of at least 4 members (excludes halogenated alkanes) is 3. The number of halogens is 1. The zero-order valence-electron chi connectivity index (χ0n) is 14.0. The highest BCUT2D eigenvalue weighted by Gasteiger charge is 2.07. The number of amides is 1. The van der Waals surface area contributed by atoms with Gasteiger partial charge in [0.05, 0.1) is 0 Å². The van der Waals surface area contributed by atoms with E-state index in [0.717, 1.165) is 12.8 Å². The predicted molar refractivity (Wildman–Crippen MR) is 92.1 cm³/mol. The molecule has 0 unspecified atom stereocenters. The SMILES string of the molecule is CCCCCCN=C(N)NCCNC(=O)c1ccc(C)c(F)c1. The minimum absolute atomic E-state index is 0.305. The molecule has 0 bridgehead atoms. The first kappa shape index (κ1) is 18.9. The van der Waals surface area contributed by atoms with Gasteiger partial charge in [-0.2, -0.15) is 0 Å². The van der Waals surface area contributed by atoms with E-state index in [1.807, 2.05) is 0 Å². The monoisotopic (exact) mass is 322 g/mol. The lowest BCUT2D eigenvalue weighted by atomic mass is 10.1. The van der Waals surface area contributed by atoms with Gasteiger partial charge in [-0.15, -0.1) is 0 Å². The molecule has 0 heterocycles. The van der Waals surface area contributed by atoms with Gasteiger partial charge in [-0.05, 0) is 31.0 Å². The van der Waals surface area contributed by atoms with E-state index in [9.17, 15) is 9.18 Å². The Bertz CT molecular complexity index is 531. The molecule has 0 aromatic heterocycles. The average Bonchev–Trinajstić information content (AvgIpc) is 2.53. The number of nitrogens with one attached hydrogen (secondary N) is 2. The molecule has 23 heavy (non-hydrogen) atoms. The summed E-state index contributed by atoms with van der Waals surface area (Å²) in [6, 6.07) is 4.43. The number of rotatable bonds is 9. The van der Waals surface area contributed by atoms with Gasteiger partial charge in [0.1, 0.15) is 5.82 Å². The molecule has 1 rings (SSSR count). The number of aliphatic imine (C=N–C) groups is 1. The Labute approximate surface area is 137 Å². The molecule has 4 N–H and O–H groups in total. The molecule has 0 fully saturated rings. The fourth-order valence-electron chi connectivity index (χ4n) is 2.00. The summed E-state index contributed by atoms with van der Waals surface area (Å²) in [6.45, 7) is 5.41. The van der Waals surface area contributed by atoms with Crippen LogP contribution in [0.2, 0.25) is 0 Å². The minimum atomic E-state index is -0.379. The van der Waals surface area contributed by atoms with E-state index in [-0.39, 0.29) is 11.7 Å². The average molecular weight is 322 g/mol. The molecule has 0 aliphatic rings. The number of hydrogen-bond donors (Lipinski definition) is 3. The van der Waals surface area contributed by atoms with E-state index in [4.69, 9.17) is 5.73 Å². The summed E-state index contributed by atoms with van der Waals surface area (Å²) in [4.78, 5) is 16.1. The molecular weight excluding hydrogens is 295 g/mol. The lowest BCUT2D eigenvalue weighted by molar-refractivity contribution is 0.0954. The zero-order chi connectivity index (χ0) is 17.1. The van der Waals surface area contributed by atoms with Crippen molar-refractivity contribution >= 4 is 11.9 Å². The topological polar surface area (TPSA) is 79.5 Å². The van der Waals surface area contributed by atoms with Crippen LogP contribution in [-0.2, 0) is 0 Å². The summed E-state index contributed by atoms with van der Waals surface area (Å²) in [5, 5.41) is 5.65. The first-order chi connectivity index (χ1) is 11.0. The third-order valence-corrected chi connectivity index (χ3v) is 3.44. The molecule has 5 nitrogen and oxygen atoms in total. The summed E-state index contributed by atoms with van der Waals surface area (Å²) in [5.41, 5.74) is 6.56. The number of nitrogens with two attached hydrogens (primary N) is 1. The standard InChI is InChI=1S/C17H27FN4O/c1-3-4-5-6-9-21-17(19)22-11-10-20-16(23)14-8-7-13(2)15(18)12-14/h7-8,12H,3-6,9-11H2,1-2H3,(H,20,23)(H3,19,21,22). The summed E-state index contributed by atoms with van der Waals surface area (Å²) >= 11 is 0. The van der Waals surface area contributed by atoms with E-state index in [2.05, 4.69) is 22.5 Å². The lowest BCUT2D eigenvalue weighted by Crippen LogP contribution is -2.38. The Morgan fingerprint density at radius 2 is 1.96 bits per heavy atom. The number of carbonyl (C=O) groups is 1. The second-order valence-electron chi connectivity index (χ2n) is 5.47. The zero-order valence-corrected chi connectivity index (χ0v) is 14.0. The van der Waals surface area contributed by atoms with Crippen molar-refractivity contribution in [3.63, 3.8) is 0 Å². The van der Waals surface area contributed by atoms with Gasteiger partial charge in [0.2, 0.25) is 0 Å². The lowest BCUT2D eigenvalue weighted by Gasteiger charge is -2.08. The highest BCUT2D eigenvalue weighted by molar-refractivity contribution is 5.94. The first-order valence-electron chi connectivity index (χ1n) is 8.12. The number of carbonyl (C=O) groups excluding carboxylic acids is 1. The molecule has 0 atom stereocenters. The molecule has 1 amide bonds. The van der Waals surface area contributed by atoms with Crippen LogP contribution in [0.5, 0.6) is 0 Å². The smallest absolute Gasteiger partial charge is 0.251 e. The Hall–Kier alpha value is -2.11. The Morgan fingerprint density at radius 3 is 2.65 bits per heavy atom. The van der Waals surface area contributed by atoms with Crippen LogP contribution < -0.4 is 16.4 Å².